The zero-order chi connectivity index (χ0) is 19.4. The van der Waals surface area contributed by atoms with Crippen molar-refractivity contribution in [3.63, 3.8) is 0 Å². The zero-order valence-corrected chi connectivity index (χ0v) is 13.5. The van der Waals surface area contributed by atoms with Crippen LogP contribution in [0.3, 0.4) is 0 Å². The smallest absolute Gasteiger partial charge is 0.346 e. The number of rotatable bonds is 5. The van der Waals surface area contributed by atoms with Gasteiger partial charge in [0.1, 0.15) is 0 Å². The van der Waals surface area contributed by atoms with E-state index < -0.39 is 52.8 Å². The van der Waals surface area contributed by atoms with Crippen molar-refractivity contribution in [1.29, 1.82) is 0 Å². The molecule has 0 aromatic heterocycles. The first kappa shape index (κ1) is 19.1. The largest absolute Gasteiger partial charge is 0.481 e. The summed E-state index contributed by atoms with van der Waals surface area (Å²) in [6, 6.07) is 2.73. The molecule has 2 rings (SSSR count). The van der Waals surface area contributed by atoms with Crippen molar-refractivity contribution >= 4 is 29.8 Å². The van der Waals surface area contributed by atoms with Crippen LogP contribution in [-0.2, 0) is 14.3 Å². The van der Waals surface area contributed by atoms with Crippen LogP contribution in [0.25, 0.3) is 0 Å². The van der Waals surface area contributed by atoms with E-state index in [1.165, 1.54) is 0 Å². The number of hydrogen-bond donors (Lipinski definition) is 3. The van der Waals surface area contributed by atoms with Crippen LogP contribution < -0.4 is 0 Å². The van der Waals surface area contributed by atoms with Gasteiger partial charge in [0.15, 0.2) is 0 Å². The van der Waals surface area contributed by atoms with Crippen molar-refractivity contribution < 1.29 is 44.0 Å². The van der Waals surface area contributed by atoms with Gasteiger partial charge >= 0.3 is 29.8 Å². The predicted molar refractivity (Wildman–Crippen MR) is 83.9 cm³/mol. The average Bonchev–Trinajstić information content (AvgIpc) is 2.60. The maximum absolute atomic E-state index is 12.2. The molecule has 9 nitrogen and oxygen atoms in total. The van der Waals surface area contributed by atoms with Gasteiger partial charge in [-0.25, -0.2) is 14.4 Å². The van der Waals surface area contributed by atoms with Crippen molar-refractivity contribution in [1.82, 2.24) is 0 Å². The minimum atomic E-state index is -1.50. The molecule has 1 aromatic carbocycles. The lowest BCUT2D eigenvalue weighted by Gasteiger charge is -2.26. The van der Waals surface area contributed by atoms with E-state index in [1.807, 2.05) is 0 Å². The van der Waals surface area contributed by atoms with E-state index >= 15 is 0 Å². The van der Waals surface area contributed by atoms with Crippen LogP contribution >= 0.6 is 0 Å². The number of carbonyl (C=O) groups excluding carboxylic acids is 2. The highest BCUT2D eigenvalue weighted by molar-refractivity contribution is 6.07. The number of carboxylic acid groups (broad SMARTS) is 3. The van der Waals surface area contributed by atoms with Crippen molar-refractivity contribution in [3.05, 3.63) is 34.9 Å². The monoisotopic (exact) mass is 364 g/mol. The molecule has 0 bridgehead atoms. The molecule has 1 aliphatic carbocycles. The van der Waals surface area contributed by atoms with Crippen LogP contribution in [0.1, 0.15) is 56.8 Å². The number of esters is 2. The molecule has 0 radical (unpaired) electrons. The Morgan fingerprint density at radius 3 is 2.00 bits per heavy atom. The second kappa shape index (κ2) is 7.77. The van der Waals surface area contributed by atoms with E-state index in [4.69, 9.17) is 10.2 Å². The second-order valence-corrected chi connectivity index (χ2v) is 5.91. The Morgan fingerprint density at radius 2 is 1.46 bits per heavy atom. The third-order valence-electron chi connectivity index (χ3n) is 4.30. The van der Waals surface area contributed by atoms with Gasteiger partial charge in [-0.1, -0.05) is 12.8 Å². The number of aliphatic carboxylic acids is 1. The number of benzene rings is 1. The molecule has 1 aliphatic rings. The summed E-state index contributed by atoms with van der Waals surface area (Å²) in [5, 5.41) is 27.3. The first-order valence-electron chi connectivity index (χ1n) is 7.81. The number of carboxylic acids is 3. The van der Waals surface area contributed by atoms with Gasteiger partial charge in [0.05, 0.1) is 28.5 Å². The summed E-state index contributed by atoms with van der Waals surface area (Å²) in [7, 11) is 0. The van der Waals surface area contributed by atoms with Gasteiger partial charge in [-0.05, 0) is 31.0 Å². The molecule has 0 spiro atoms. The minimum absolute atomic E-state index is 0.240. The number of ether oxygens (including phenoxy) is 1. The second-order valence-electron chi connectivity index (χ2n) is 5.91. The zero-order valence-electron chi connectivity index (χ0n) is 13.5. The minimum Gasteiger partial charge on any atom is -0.481 e. The van der Waals surface area contributed by atoms with Crippen LogP contribution in [-0.4, -0.2) is 45.2 Å². The van der Waals surface area contributed by atoms with Gasteiger partial charge in [0.2, 0.25) is 0 Å². The highest BCUT2D eigenvalue weighted by atomic mass is 16.6. The molecule has 1 saturated carbocycles. The molecule has 0 aliphatic heterocycles. The van der Waals surface area contributed by atoms with Gasteiger partial charge in [-0.3, -0.25) is 9.59 Å². The summed E-state index contributed by atoms with van der Waals surface area (Å²) >= 11 is 0. The Bertz CT molecular complexity index is 780. The molecular formula is C17H16O9. The van der Waals surface area contributed by atoms with Crippen LogP contribution in [0, 0.1) is 11.8 Å². The lowest BCUT2D eigenvalue weighted by atomic mass is 9.79. The van der Waals surface area contributed by atoms with Crippen molar-refractivity contribution in [3.8, 4) is 0 Å². The first-order chi connectivity index (χ1) is 12.2. The molecule has 0 heterocycles. The number of hydrogen-bond acceptors (Lipinski definition) is 6. The molecule has 1 aromatic rings. The van der Waals surface area contributed by atoms with Gasteiger partial charge < -0.3 is 20.1 Å². The van der Waals surface area contributed by atoms with Crippen LogP contribution in [0.2, 0.25) is 0 Å². The summed E-state index contributed by atoms with van der Waals surface area (Å²) < 4.78 is 4.68. The van der Waals surface area contributed by atoms with Crippen molar-refractivity contribution in [2.24, 2.45) is 11.8 Å². The van der Waals surface area contributed by atoms with Gasteiger partial charge in [0.25, 0.3) is 0 Å². The third kappa shape index (κ3) is 4.05. The van der Waals surface area contributed by atoms with Crippen LogP contribution in [0.5, 0.6) is 0 Å². The van der Waals surface area contributed by atoms with E-state index in [-0.39, 0.29) is 18.4 Å². The average molecular weight is 364 g/mol. The molecule has 138 valence electrons. The quantitative estimate of drug-likeness (QED) is 0.522. The van der Waals surface area contributed by atoms with E-state index in [0.29, 0.717) is 12.8 Å². The summed E-state index contributed by atoms with van der Waals surface area (Å²) in [4.78, 5) is 57.9. The Labute approximate surface area is 147 Å². The molecule has 2 atom stereocenters. The fourth-order valence-electron chi connectivity index (χ4n) is 2.96. The standard InChI is InChI=1S/C17H16O9/c18-13(19)8-5-6-10(15(22)23)12(7-8)17(25)26-16(24)11-4-2-1-3-9(11)14(20)21/h5-7,9,11H,1-4H2,(H,18,19)(H,20,21)(H,22,23). The SMILES string of the molecule is O=C(O)c1ccc(C(=O)O)c(C(=O)OC(=O)C2CCCCC2C(=O)O)c1. The fraction of sp³-hybridized carbons (Fsp3) is 0.353. The number of aromatic carboxylic acids is 2. The lowest BCUT2D eigenvalue weighted by Crippen LogP contribution is -2.35. The molecule has 0 amide bonds. The Morgan fingerprint density at radius 1 is 0.846 bits per heavy atom. The van der Waals surface area contributed by atoms with Gasteiger partial charge in [-0.15, -0.1) is 0 Å². The topological polar surface area (TPSA) is 155 Å². The fourth-order valence-corrected chi connectivity index (χ4v) is 2.96. The van der Waals surface area contributed by atoms with Crippen molar-refractivity contribution in [2.45, 2.75) is 25.7 Å². The van der Waals surface area contributed by atoms with E-state index in [0.717, 1.165) is 18.2 Å². The van der Waals surface area contributed by atoms with Crippen molar-refractivity contribution in [2.75, 3.05) is 0 Å². The molecular weight excluding hydrogens is 348 g/mol. The lowest BCUT2D eigenvalue weighted by molar-refractivity contribution is -0.156. The van der Waals surface area contributed by atoms with E-state index in [9.17, 15) is 29.1 Å². The Balaban J connectivity index is 2.27. The molecule has 1 fully saturated rings. The maximum atomic E-state index is 12.2. The summed E-state index contributed by atoms with van der Waals surface area (Å²) in [6.07, 6.45) is 1.76. The van der Waals surface area contributed by atoms with E-state index in [1.54, 1.807) is 0 Å². The van der Waals surface area contributed by atoms with Crippen LogP contribution in [0.4, 0.5) is 0 Å². The maximum Gasteiger partial charge on any atom is 0.346 e. The molecule has 9 heteroatoms. The predicted octanol–water partition coefficient (Wildman–Crippen LogP) is 1.66. The first-order valence-corrected chi connectivity index (χ1v) is 7.81. The number of carbonyl (C=O) groups is 5. The highest BCUT2D eigenvalue weighted by Crippen LogP contribution is 2.31. The summed E-state index contributed by atoms with van der Waals surface area (Å²) in [5.41, 5.74) is -1.46. The van der Waals surface area contributed by atoms with Gasteiger partial charge in [0, 0.05) is 0 Å². The third-order valence-corrected chi connectivity index (χ3v) is 4.30. The summed E-state index contributed by atoms with van der Waals surface area (Å²) in [5.74, 6) is -8.43. The molecule has 0 saturated heterocycles. The normalized spacial score (nSPS) is 19.4. The van der Waals surface area contributed by atoms with Gasteiger partial charge in [-0.2, -0.15) is 0 Å². The van der Waals surface area contributed by atoms with Crippen LogP contribution in [0.15, 0.2) is 18.2 Å². The highest BCUT2D eigenvalue weighted by Gasteiger charge is 2.38. The molecule has 26 heavy (non-hydrogen) atoms. The molecule has 2 unspecified atom stereocenters. The van der Waals surface area contributed by atoms with E-state index in [2.05, 4.69) is 4.74 Å². The Hall–Kier alpha value is -3.23. The Kier molecular flexibility index (Phi) is 5.71. The molecule has 3 N–H and O–H groups in total. The summed E-state index contributed by atoms with van der Waals surface area (Å²) in [6.45, 7) is 0.